The summed E-state index contributed by atoms with van der Waals surface area (Å²) < 4.78 is 36.8. The average molecular weight is 256 g/mol. The molecule has 1 aliphatic heterocycles. The first-order valence-corrected chi connectivity index (χ1v) is 6.43. The van der Waals surface area contributed by atoms with Crippen molar-refractivity contribution in [2.24, 2.45) is 0 Å². The molecule has 1 aromatic carbocycles. The molecule has 0 radical (unpaired) electrons. The van der Waals surface area contributed by atoms with Crippen molar-refractivity contribution in [1.82, 2.24) is 0 Å². The topological polar surface area (TPSA) is 71.4 Å². The van der Waals surface area contributed by atoms with Gasteiger partial charge < -0.3 is 5.11 Å². The van der Waals surface area contributed by atoms with Crippen LogP contribution in [0, 0.1) is 5.82 Å². The Morgan fingerprint density at radius 1 is 1.35 bits per heavy atom. The Morgan fingerprint density at radius 2 is 2.06 bits per heavy atom. The van der Waals surface area contributed by atoms with E-state index in [0.717, 1.165) is 11.5 Å². The average Bonchev–Trinajstić information content (AvgIpc) is 2.49. The third-order valence-corrected chi connectivity index (χ3v) is 4.08. The smallest absolute Gasteiger partial charge is 0.303 e. The normalized spacial score (nSPS) is 16.4. The molecule has 0 fully saturated rings. The first kappa shape index (κ1) is 11.8. The minimum atomic E-state index is -3.76. The van der Waals surface area contributed by atoms with Crippen LogP contribution < -0.4 is 0 Å². The third-order valence-electron chi connectivity index (χ3n) is 2.50. The van der Waals surface area contributed by atoms with Crippen molar-refractivity contribution in [2.75, 3.05) is 0 Å². The van der Waals surface area contributed by atoms with Gasteiger partial charge in [-0.25, -0.2) is 12.8 Å². The van der Waals surface area contributed by atoms with Gasteiger partial charge in [0.25, 0.3) is 0 Å². The van der Waals surface area contributed by atoms with E-state index < -0.39 is 21.6 Å². The molecule has 6 heteroatoms. The van der Waals surface area contributed by atoms with Crippen molar-refractivity contribution in [3.05, 3.63) is 35.0 Å². The molecule has 0 aliphatic carbocycles. The highest BCUT2D eigenvalue weighted by atomic mass is 32.2. The van der Waals surface area contributed by atoms with E-state index in [2.05, 4.69) is 0 Å². The molecule has 0 aromatic heterocycles. The number of carbonyl (C=O) groups is 1. The molecule has 4 nitrogen and oxygen atoms in total. The van der Waals surface area contributed by atoms with Crippen molar-refractivity contribution < 1.29 is 22.7 Å². The van der Waals surface area contributed by atoms with E-state index in [1.54, 1.807) is 0 Å². The molecule has 1 aromatic rings. The first-order chi connectivity index (χ1) is 7.92. The van der Waals surface area contributed by atoms with Crippen molar-refractivity contribution in [2.45, 2.75) is 17.7 Å². The minimum Gasteiger partial charge on any atom is -0.481 e. The van der Waals surface area contributed by atoms with Gasteiger partial charge >= 0.3 is 5.97 Å². The number of hydrogen-bond donors (Lipinski definition) is 1. The summed E-state index contributed by atoms with van der Waals surface area (Å²) in [5, 5.41) is 9.50. The predicted octanol–water partition coefficient (Wildman–Crippen LogP) is 1.82. The molecule has 1 N–H and O–H groups in total. The molecule has 0 atom stereocenters. The van der Waals surface area contributed by atoms with Crippen LogP contribution in [0.4, 0.5) is 4.39 Å². The quantitative estimate of drug-likeness (QED) is 0.895. The van der Waals surface area contributed by atoms with Crippen LogP contribution in [0.1, 0.15) is 18.4 Å². The second kappa shape index (κ2) is 3.96. The van der Waals surface area contributed by atoms with Crippen LogP contribution in [0.25, 0.3) is 5.57 Å². The minimum absolute atomic E-state index is 0.0744. The Morgan fingerprint density at radius 3 is 2.71 bits per heavy atom. The number of carboxylic acids is 1. The van der Waals surface area contributed by atoms with E-state index in [0.29, 0.717) is 5.57 Å². The van der Waals surface area contributed by atoms with Gasteiger partial charge in [0.2, 0.25) is 9.84 Å². The Kier molecular flexibility index (Phi) is 2.74. The number of aliphatic carboxylic acids is 1. The number of fused-ring (bicyclic) bond motifs is 1. The monoisotopic (exact) mass is 256 g/mol. The lowest BCUT2D eigenvalue weighted by Crippen LogP contribution is -1.97. The summed E-state index contributed by atoms with van der Waals surface area (Å²) in [6.45, 7) is 0. The summed E-state index contributed by atoms with van der Waals surface area (Å²) >= 11 is 0. The molecule has 0 unspecified atom stereocenters. The summed E-state index contributed by atoms with van der Waals surface area (Å²) in [6.07, 6.45) is -0.109. The van der Waals surface area contributed by atoms with Crippen molar-refractivity contribution in [1.29, 1.82) is 0 Å². The molecule has 2 rings (SSSR count). The van der Waals surface area contributed by atoms with Crippen LogP contribution in [-0.2, 0) is 14.6 Å². The van der Waals surface area contributed by atoms with Gasteiger partial charge in [-0.05, 0) is 18.1 Å². The molecular formula is C11H9FO4S. The molecule has 0 saturated carbocycles. The summed E-state index contributed by atoms with van der Waals surface area (Å²) in [5.41, 5.74) is 0.619. The molecule has 1 aliphatic rings. The van der Waals surface area contributed by atoms with Gasteiger partial charge in [-0.3, -0.25) is 4.79 Å². The Hall–Kier alpha value is -1.69. The van der Waals surface area contributed by atoms with Gasteiger partial charge in [0.05, 0.1) is 0 Å². The SMILES string of the molecule is O=C(O)CCC1=CS(=O)(=O)c2c(F)cccc21. The van der Waals surface area contributed by atoms with Crippen molar-refractivity contribution in [3.8, 4) is 0 Å². The molecule has 90 valence electrons. The van der Waals surface area contributed by atoms with E-state index in [-0.39, 0.29) is 23.3 Å². The molecule has 0 spiro atoms. The van der Waals surface area contributed by atoms with Crippen LogP contribution in [0.15, 0.2) is 28.5 Å². The fraction of sp³-hybridized carbons (Fsp3) is 0.182. The summed E-state index contributed by atoms with van der Waals surface area (Å²) in [4.78, 5) is 10.1. The zero-order chi connectivity index (χ0) is 12.6. The number of carboxylic acid groups (broad SMARTS) is 1. The standard InChI is InChI=1S/C11H9FO4S/c12-9-3-1-2-8-7(4-5-10(13)14)6-17(15,16)11(8)9/h1-3,6H,4-5H2,(H,13,14). The summed E-state index contributed by atoms with van der Waals surface area (Å²) in [5.74, 6) is -1.82. The second-order valence-electron chi connectivity index (χ2n) is 3.70. The van der Waals surface area contributed by atoms with E-state index >= 15 is 0 Å². The first-order valence-electron chi connectivity index (χ1n) is 4.88. The van der Waals surface area contributed by atoms with Gasteiger partial charge in [-0.1, -0.05) is 12.1 Å². The van der Waals surface area contributed by atoms with Crippen LogP contribution in [0.2, 0.25) is 0 Å². The lowest BCUT2D eigenvalue weighted by molar-refractivity contribution is -0.136. The molecular weight excluding hydrogens is 247 g/mol. The molecule has 1 heterocycles. The van der Waals surface area contributed by atoms with E-state index in [4.69, 9.17) is 5.11 Å². The highest BCUT2D eigenvalue weighted by Crippen LogP contribution is 2.37. The Bertz CT molecular complexity index is 616. The number of benzene rings is 1. The number of rotatable bonds is 3. The molecule has 0 saturated heterocycles. The maximum atomic E-state index is 13.4. The number of hydrogen-bond acceptors (Lipinski definition) is 3. The molecule has 17 heavy (non-hydrogen) atoms. The van der Waals surface area contributed by atoms with Crippen LogP contribution in [0.5, 0.6) is 0 Å². The highest BCUT2D eigenvalue weighted by Gasteiger charge is 2.29. The summed E-state index contributed by atoms with van der Waals surface area (Å²) in [7, 11) is -3.76. The van der Waals surface area contributed by atoms with Crippen molar-refractivity contribution in [3.63, 3.8) is 0 Å². The fourth-order valence-electron chi connectivity index (χ4n) is 1.80. The van der Waals surface area contributed by atoms with Gasteiger partial charge in [-0.2, -0.15) is 0 Å². The predicted molar refractivity (Wildman–Crippen MR) is 58.4 cm³/mol. The van der Waals surface area contributed by atoms with E-state index in [1.807, 2.05) is 0 Å². The van der Waals surface area contributed by atoms with Gasteiger partial charge in [0.15, 0.2) is 0 Å². The van der Waals surface area contributed by atoms with Crippen LogP contribution >= 0.6 is 0 Å². The maximum absolute atomic E-state index is 13.4. The Balaban J connectivity index is 2.47. The Labute approximate surface area is 97.3 Å². The van der Waals surface area contributed by atoms with Gasteiger partial charge in [0.1, 0.15) is 10.7 Å². The van der Waals surface area contributed by atoms with Crippen LogP contribution in [-0.4, -0.2) is 19.5 Å². The molecule has 0 amide bonds. The highest BCUT2D eigenvalue weighted by molar-refractivity contribution is 7.95. The fourth-order valence-corrected chi connectivity index (χ4v) is 3.38. The van der Waals surface area contributed by atoms with Gasteiger partial charge in [0, 0.05) is 17.4 Å². The summed E-state index contributed by atoms with van der Waals surface area (Å²) in [6, 6.07) is 3.96. The number of halogens is 1. The van der Waals surface area contributed by atoms with E-state index in [9.17, 15) is 17.6 Å². The number of allylic oxidation sites excluding steroid dienone is 1. The largest absolute Gasteiger partial charge is 0.481 e. The third kappa shape index (κ3) is 2.08. The maximum Gasteiger partial charge on any atom is 0.303 e. The zero-order valence-corrected chi connectivity index (χ0v) is 9.50. The van der Waals surface area contributed by atoms with Crippen LogP contribution in [0.3, 0.4) is 0 Å². The van der Waals surface area contributed by atoms with E-state index in [1.165, 1.54) is 12.1 Å². The zero-order valence-electron chi connectivity index (χ0n) is 8.68. The lowest BCUT2D eigenvalue weighted by atomic mass is 10.0. The second-order valence-corrected chi connectivity index (χ2v) is 5.43. The van der Waals surface area contributed by atoms with Crippen molar-refractivity contribution >= 4 is 21.4 Å². The van der Waals surface area contributed by atoms with Gasteiger partial charge in [-0.15, -0.1) is 0 Å². The molecule has 0 bridgehead atoms. The number of sulfone groups is 1. The lowest BCUT2D eigenvalue weighted by Gasteiger charge is -2.03.